The van der Waals surface area contributed by atoms with E-state index in [4.69, 9.17) is 9.47 Å². The first-order chi connectivity index (χ1) is 22.0. The van der Waals surface area contributed by atoms with Crippen molar-refractivity contribution >= 4 is 29.5 Å². The van der Waals surface area contributed by atoms with Gasteiger partial charge in [0.15, 0.2) is 0 Å². The number of nitrogens with one attached hydrogen (secondary N) is 2. The van der Waals surface area contributed by atoms with E-state index in [1.165, 1.54) is 0 Å². The van der Waals surface area contributed by atoms with Crippen LogP contribution in [0.4, 0.5) is 10.5 Å². The summed E-state index contributed by atoms with van der Waals surface area (Å²) in [5.41, 5.74) is 2.83. The smallest absolute Gasteiger partial charge is 0.408 e. The van der Waals surface area contributed by atoms with Gasteiger partial charge in [0.2, 0.25) is 11.8 Å². The molecule has 1 unspecified atom stereocenters. The Balaban J connectivity index is 0.915. The summed E-state index contributed by atoms with van der Waals surface area (Å²) in [7, 11) is 0. The lowest BCUT2D eigenvalue weighted by Crippen LogP contribution is -2.52. The van der Waals surface area contributed by atoms with Crippen LogP contribution in [0.5, 0.6) is 5.75 Å². The first-order valence-electron chi connectivity index (χ1n) is 16.5. The molecule has 3 heterocycles. The Morgan fingerprint density at radius 3 is 2.52 bits per heavy atom. The SMILES string of the molecule is CC(C)(C)OC(=O)NC1(c2cccc(OCCCCN3CCN(c4ccc5c(c4)CN(C4CCC(=O)NC4=O)C5=O)CC3)c2)CC1. The average Bonchev–Trinajstić information content (AvgIpc) is 3.72. The third kappa shape index (κ3) is 7.30. The Hall–Kier alpha value is -4.12. The second-order valence-corrected chi connectivity index (χ2v) is 13.9. The Morgan fingerprint density at radius 1 is 1.02 bits per heavy atom. The molecule has 2 saturated heterocycles. The maximum Gasteiger partial charge on any atom is 0.408 e. The lowest BCUT2D eigenvalue weighted by Gasteiger charge is -2.36. The summed E-state index contributed by atoms with van der Waals surface area (Å²) in [6, 6.07) is 13.4. The Bertz CT molecular complexity index is 1490. The van der Waals surface area contributed by atoms with Crippen LogP contribution in [0.1, 0.15) is 80.8 Å². The van der Waals surface area contributed by atoms with Gasteiger partial charge in [-0.15, -0.1) is 0 Å². The molecule has 11 nitrogen and oxygen atoms in total. The molecule has 1 saturated carbocycles. The fourth-order valence-corrected chi connectivity index (χ4v) is 6.61. The molecule has 2 aromatic carbocycles. The Morgan fingerprint density at radius 2 is 1.80 bits per heavy atom. The molecule has 0 spiro atoms. The number of piperidine rings is 1. The number of piperazine rings is 1. The second-order valence-electron chi connectivity index (χ2n) is 13.9. The zero-order valence-electron chi connectivity index (χ0n) is 27.1. The largest absolute Gasteiger partial charge is 0.494 e. The number of carbonyl (C=O) groups is 4. The van der Waals surface area contributed by atoms with Crippen molar-refractivity contribution < 1.29 is 28.7 Å². The summed E-state index contributed by atoms with van der Waals surface area (Å²) < 4.78 is 11.5. The van der Waals surface area contributed by atoms with Crippen molar-refractivity contribution in [3.05, 3.63) is 59.2 Å². The van der Waals surface area contributed by atoms with E-state index in [0.717, 1.165) is 81.0 Å². The van der Waals surface area contributed by atoms with Crippen LogP contribution in [0.2, 0.25) is 0 Å². The van der Waals surface area contributed by atoms with E-state index in [1.807, 2.05) is 57.2 Å². The number of nitrogens with zero attached hydrogens (tertiary/aromatic N) is 3. The monoisotopic (exact) mass is 631 g/mol. The van der Waals surface area contributed by atoms with Crippen molar-refractivity contribution in [2.45, 2.75) is 83.0 Å². The molecule has 3 fully saturated rings. The minimum absolute atomic E-state index is 0.139. The van der Waals surface area contributed by atoms with Crippen LogP contribution in [0.3, 0.4) is 0 Å². The van der Waals surface area contributed by atoms with E-state index in [-0.39, 0.29) is 35.8 Å². The Kier molecular flexibility index (Phi) is 8.96. The van der Waals surface area contributed by atoms with Crippen molar-refractivity contribution in [2.24, 2.45) is 0 Å². The number of benzene rings is 2. The predicted octanol–water partition coefficient (Wildman–Crippen LogP) is 3.94. The van der Waals surface area contributed by atoms with E-state index >= 15 is 0 Å². The summed E-state index contributed by atoms with van der Waals surface area (Å²) >= 11 is 0. The van der Waals surface area contributed by atoms with E-state index in [1.54, 1.807) is 4.90 Å². The van der Waals surface area contributed by atoms with Crippen molar-refractivity contribution in [2.75, 3.05) is 44.2 Å². The third-order valence-corrected chi connectivity index (χ3v) is 9.26. The van der Waals surface area contributed by atoms with Gasteiger partial charge < -0.3 is 24.6 Å². The first kappa shape index (κ1) is 31.8. The lowest BCUT2D eigenvalue weighted by atomic mass is 10.0. The number of anilines is 1. The summed E-state index contributed by atoms with van der Waals surface area (Å²) in [6.07, 6.45) is 4.00. The third-order valence-electron chi connectivity index (χ3n) is 9.26. The van der Waals surface area contributed by atoms with Crippen LogP contribution in [-0.4, -0.2) is 84.6 Å². The van der Waals surface area contributed by atoms with Crippen LogP contribution in [-0.2, 0) is 26.4 Å². The molecule has 2 N–H and O–H groups in total. The van der Waals surface area contributed by atoms with Gasteiger partial charge in [-0.3, -0.25) is 24.6 Å². The topological polar surface area (TPSA) is 121 Å². The molecule has 6 rings (SSSR count). The van der Waals surface area contributed by atoms with Gasteiger partial charge in [-0.05, 0) is 101 Å². The number of unbranched alkanes of at least 4 members (excludes halogenated alkanes) is 1. The van der Waals surface area contributed by atoms with Crippen LogP contribution in [0, 0.1) is 0 Å². The zero-order chi connectivity index (χ0) is 32.5. The standard InChI is InChI=1S/C35H45N5O6/c1-34(2,3)46-33(44)37-35(13-14-35)25-7-6-8-27(22-25)45-20-5-4-15-38-16-18-39(19-17-38)26-9-10-28-24(21-26)23-40(32(28)43)29-11-12-30(41)36-31(29)42/h6-10,21-22,29H,4-5,11-20,23H2,1-3H3,(H,37,44)(H,36,41,42). The van der Waals surface area contributed by atoms with Gasteiger partial charge >= 0.3 is 6.09 Å². The van der Waals surface area contributed by atoms with E-state index in [9.17, 15) is 19.2 Å². The van der Waals surface area contributed by atoms with E-state index in [0.29, 0.717) is 25.1 Å². The molecule has 4 amide bonds. The van der Waals surface area contributed by atoms with Gasteiger partial charge in [-0.1, -0.05) is 12.1 Å². The average molecular weight is 632 g/mol. The van der Waals surface area contributed by atoms with Gasteiger partial charge in [-0.2, -0.15) is 0 Å². The molecule has 3 aliphatic heterocycles. The highest BCUT2D eigenvalue weighted by Crippen LogP contribution is 2.46. The van der Waals surface area contributed by atoms with E-state index < -0.39 is 11.6 Å². The molecule has 2 aromatic rings. The molecule has 0 radical (unpaired) electrons. The summed E-state index contributed by atoms with van der Waals surface area (Å²) in [5.74, 6) is 0.0184. The molecule has 4 aliphatic rings. The quantitative estimate of drug-likeness (QED) is 0.299. The minimum atomic E-state index is -0.594. The highest BCUT2D eigenvalue weighted by atomic mass is 16.6. The minimum Gasteiger partial charge on any atom is -0.494 e. The summed E-state index contributed by atoms with van der Waals surface area (Å²) in [6.45, 7) is 11.4. The van der Waals surface area contributed by atoms with Gasteiger partial charge in [0.1, 0.15) is 17.4 Å². The summed E-state index contributed by atoms with van der Waals surface area (Å²) in [5, 5.41) is 5.42. The number of fused-ring (bicyclic) bond motifs is 1. The maximum absolute atomic E-state index is 13.0. The molecule has 46 heavy (non-hydrogen) atoms. The molecule has 246 valence electrons. The number of hydrogen-bond acceptors (Lipinski definition) is 8. The normalized spacial score (nSPS) is 21.1. The van der Waals surface area contributed by atoms with Crippen LogP contribution in [0.15, 0.2) is 42.5 Å². The highest BCUT2D eigenvalue weighted by molar-refractivity contribution is 6.05. The fourth-order valence-electron chi connectivity index (χ4n) is 6.61. The number of carbonyl (C=O) groups excluding carboxylic acids is 4. The predicted molar refractivity (Wildman–Crippen MR) is 173 cm³/mol. The van der Waals surface area contributed by atoms with Crippen LogP contribution < -0.4 is 20.3 Å². The van der Waals surface area contributed by atoms with E-state index in [2.05, 4.69) is 26.5 Å². The zero-order valence-corrected chi connectivity index (χ0v) is 27.1. The molecular weight excluding hydrogens is 586 g/mol. The van der Waals surface area contributed by atoms with Gasteiger partial charge in [0, 0.05) is 50.4 Å². The first-order valence-corrected chi connectivity index (χ1v) is 16.5. The molecule has 0 bridgehead atoms. The molecule has 1 aliphatic carbocycles. The van der Waals surface area contributed by atoms with Crippen molar-refractivity contribution in [1.82, 2.24) is 20.4 Å². The van der Waals surface area contributed by atoms with Crippen LogP contribution in [0.25, 0.3) is 0 Å². The molecule has 0 aromatic heterocycles. The summed E-state index contributed by atoms with van der Waals surface area (Å²) in [4.78, 5) is 55.7. The number of hydrogen-bond donors (Lipinski definition) is 2. The highest BCUT2D eigenvalue weighted by Gasteiger charge is 2.47. The number of imide groups is 1. The molecular formula is C35H45N5O6. The number of alkyl carbamates (subject to hydrolysis) is 1. The maximum atomic E-state index is 13.0. The number of rotatable bonds is 10. The second kappa shape index (κ2) is 12.9. The number of ether oxygens (including phenoxy) is 2. The molecule has 1 atom stereocenters. The lowest BCUT2D eigenvalue weighted by molar-refractivity contribution is -0.136. The van der Waals surface area contributed by atoms with Crippen molar-refractivity contribution in [3.8, 4) is 5.75 Å². The molecule has 11 heteroatoms. The van der Waals surface area contributed by atoms with Gasteiger partial charge in [-0.25, -0.2) is 4.79 Å². The van der Waals surface area contributed by atoms with Gasteiger partial charge in [0.05, 0.1) is 12.1 Å². The van der Waals surface area contributed by atoms with Crippen molar-refractivity contribution in [1.29, 1.82) is 0 Å². The fraction of sp³-hybridized carbons (Fsp3) is 0.543. The number of amides is 4. The Labute approximate surface area is 270 Å². The van der Waals surface area contributed by atoms with Crippen molar-refractivity contribution in [3.63, 3.8) is 0 Å². The van der Waals surface area contributed by atoms with Crippen LogP contribution >= 0.6 is 0 Å². The van der Waals surface area contributed by atoms with Gasteiger partial charge in [0.25, 0.3) is 5.91 Å².